The van der Waals surface area contributed by atoms with Crippen LogP contribution in [-0.2, 0) is 0 Å². The van der Waals surface area contributed by atoms with E-state index >= 15 is 0 Å². The van der Waals surface area contributed by atoms with Gasteiger partial charge in [0.2, 0.25) is 0 Å². The zero-order chi connectivity index (χ0) is 14.7. The van der Waals surface area contributed by atoms with Crippen molar-refractivity contribution in [3.63, 3.8) is 0 Å². The number of hydrogen-bond donors (Lipinski definition) is 3. The van der Waals surface area contributed by atoms with Crippen LogP contribution in [0.4, 0.5) is 11.4 Å². The normalized spacial score (nSPS) is 11.8. The van der Waals surface area contributed by atoms with Crippen molar-refractivity contribution in [3.8, 4) is 0 Å². The average Bonchev–Trinajstić information content (AvgIpc) is 2.91. The molecule has 1 unspecified atom stereocenters. The number of nitro benzene ring substituents is 1. The van der Waals surface area contributed by atoms with E-state index in [4.69, 9.17) is 5.73 Å². The van der Waals surface area contributed by atoms with Crippen molar-refractivity contribution in [1.29, 1.82) is 0 Å². The zero-order valence-electron chi connectivity index (χ0n) is 10.5. The Balaban J connectivity index is 2.26. The molecule has 9 heteroatoms. The first-order valence-electron chi connectivity index (χ1n) is 5.69. The third-order valence-electron chi connectivity index (χ3n) is 2.69. The van der Waals surface area contributed by atoms with E-state index in [0.29, 0.717) is 5.82 Å². The molecular formula is C11H12N6O3. The Kier molecular flexibility index (Phi) is 3.60. The first-order valence-corrected chi connectivity index (χ1v) is 5.69. The second-order valence-electron chi connectivity index (χ2n) is 4.07. The number of rotatable bonds is 4. The highest BCUT2D eigenvalue weighted by molar-refractivity contribution is 6.00. The topological polar surface area (TPSA) is 140 Å². The van der Waals surface area contributed by atoms with Crippen molar-refractivity contribution < 1.29 is 9.72 Å². The monoisotopic (exact) mass is 276 g/mol. The van der Waals surface area contributed by atoms with Gasteiger partial charge in [-0.15, -0.1) is 0 Å². The maximum Gasteiger partial charge on any atom is 0.304 e. The van der Waals surface area contributed by atoms with Gasteiger partial charge in [0.25, 0.3) is 5.91 Å². The Morgan fingerprint density at radius 2 is 2.30 bits per heavy atom. The second kappa shape index (κ2) is 5.34. The fourth-order valence-corrected chi connectivity index (χ4v) is 1.71. The van der Waals surface area contributed by atoms with Gasteiger partial charge in [-0.2, -0.15) is 5.10 Å². The number of aromatic amines is 1. The number of nitrogen functional groups attached to an aromatic ring is 1. The molecule has 9 nitrogen and oxygen atoms in total. The molecule has 0 bridgehead atoms. The van der Waals surface area contributed by atoms with Gasteiger partial charge in [0, 0.05) is 0 Å². The van der Waals surface area contributed by atoms with Crippen LogP contribution in [0.15, 0.2) is 24.5 Å². The predicted octanol–water partition coefficient (Wildman–Crippen LogP) is 0.786. The second-order valence-corrected chi connectivity index (χ2v) is 4.07. The van der Waals surface area contributed by atoms with Crippen LogP contribution in [0.3, 0.4) is 0 Å². The van der Waals surface area contributed by atoms with Gasteiger partial charge in [0.15, 0.2) is 0 Å². The van der Waals surface area contributed by atoms with Crippen molar-refractivity contribution in [1.82, 2.24) is 20.5 Å². The summed E-state index contributed by atoms with van der Waals surface area (Å²) in [6.45, 7) is 1.68. The zero-order valence-corrected chi connectivity index (χ0v) is 10.5. The number of nitrogens with two attached hydrogens (primary N) is 1. The summed E-state index contributed by atoms with van der Waals surface area (Å²) in [4.78, 5) is 26.3. The van der Waals surface area contributed by atoms with E-state index in [-0.39, 0.29) is 11.3 Å². The molecule has 0 aliphatic heterocycles. The molecule has 1 aromatic heterocycles. The summed E-state index contributed by atoms with van der Waals surface area (Å²) >= 11 is 0. The van der Waals surface area contributed by atoms with E-state index in [2.05, 4.69) is 20.5 Å². The highest BCUT2D eigenvalue weighted by Gasteiger charge is 2.24. The van der Waals surface area contributed by atoms with Gasteiger partial charge in [-0.1, -0.05) is 6.07 Å². The lowest BCUT2D eigenvalue weighted by Gasteiger charge is -2.11. The van der Waals surface area contributed by atoms with Crippen molar-refractivity contribution >= 4 is 17.3 Å². The van der Waals surface area contributed by atoms with E-state index in [0.717, 1.165) is 0 Å². The van der Waals surface area contributed by atoms with Crippen molar-refractivity contribution in [3.05, 3.63) is 46.0 Å². The Labute approximate surface area is 113 Å². The summed E-state index contributed by atoms with van der Waals surface area (Å²) in [6.07, 6.45) is 1.31. The third kappa shape index (κ3) is 2.55. The number of H-pyrrole nitrogens is 1. The molecule has 2 aromatic rings. The van der Waals surface area contributed by atoms with Crippen LogP contribution in [-0.4, -0.2) is 26.0 Å². The molecule has 0 fully saturated rings. The number of benzene rings is 1. The first-order chi connectivity index (χ1) is 9.50. The van der Waals surface area contributed by atoms with Crippen molar-refractivity contribution in [2.24, 2.45) is 0 Å². The maximum absolute atomic E-state index is 12.1. The number of nitrogens with one attached hydrogen (secondary N) is 2. The molecule has 0 aliphatic rings. The Hall–Kier alpha value is -2.97. The van der Waals surface area contributed by atoms with E-state index in [1.165, 1.54) is 24.5 Å². The molecule has 1 amide bonds. The van der Waals surface area contributed by atoms with Crippen molar-refractivity contribution in [2.75, 3.05) is 5.73 Å². The number of carbonyl (C=O) groups is 1. The molecule has 0 spiro atoms. The van der Waals surface area contributed by atoms with Gasteiger partial charge in [0.1, 0.15) is 23.4 Å². The van der Waals surface area contributed by atoms with Crippen LogP contribution in [0.2, 0.25) is 0 Å². The summed E-state index contributed by atoms with van der Waals surface area (Å²) in [6, 6.07) is 3.73. The number of carbonyl (C=O) groups excluding carboxylic acids is 1. The molecule has 0 radical (unpaired) electrons. The highest BCUT2D eigenvalue weighted by atomic mass is 16.6. The quantitative estimate of drug-likeness (QED) is 0.428. The number of nitrogens with zero attached hydrogens (tertiary/aromatic N) is 3. The third-order valence-corrected chi connectivity index (χ3v) is 2.69. The van der Waals surface area contributed by atoms with Gasteiger partial charge in [-0.25, -0.2) is 4.98 Å². The Morgan fingerprint density at radius 3 is 2.90 bits per heavy atom. The molecule has 104 valence electrons. The van der Waals surface area contributed by atoms with Crippen molar-refractivity contribution in [2.45, 2.75) is 13.0 Å². The van der Waals surface area contributed by atoms with Crippen LogP contribution in [0.1, 0.15) is 29.1 Å². The van der Waals surface area contributed by atoms with Gasteiger partial charge in [0.05, 0.1) is 11.0 Å². The predicted molar refractivity (Wildman–Crippen MR) is 69.8 cm³/mol. The molecule has 1 atom stereocenters. The first kappa shape index (κ1) is 13.5. The molecule has 0 saturated carbocycles. The average molecular weight is 276 g/mol. The van der Waals surface area contributed by atoms with Crippen LogP contribution >= 0.6 is 0 Å². The van der Waals surface area contributed by atoms with Gasteiger partial charge < -0.3 is 11.1 Å². The standard InChI is InChI=1S/C11H12N6O3/c1-6(10-13-5-14-16-10)15-11(18)7-3-2-4-8(12)9(7)17(19)20/h2-6H,12H2,1H3,(H,15,18)(H,13,14,16). The maximum atomic E-state index is 12.1. The molecule has 1 heterocycles. The molecule has 0 saturated heterocycles. The number of hydrogen-bond acceptors (Lipinski definition) is 6. The fourth-order valence-electron chi connectivity index (χ4n) is 1.71. The van der Waals surface area contributed by atoms with Gasteiger partial charge >= 0.3 is 5.69 Å². The Morgan fingerprint density at radius 1 is 1.55 bits per heavy atom. The number of nitro groups is 1. The molecule has 4 N–H and O–H groups in total. The summed E-state index contributed by atoms with van der Waals surface area (Å²) in [5.41, 5.74) is 4.97. The lowest BCUT2D eigenvalue weighted by molar-refractivity contribution is -0.384. The summed E-state index contributed by atoms with van der Waals surface area (Å²) in [5.74, 6) is -0.155. The van der Waals surface area contributed by atoms with Crippen LogP contribution in [0.5, 0.6) is 0 Å². The lowest BCUT2D eigenvalue weighted by Crippen LogP contribution is -2.28. The van der Waals surface area contributed by atoms with Gasteiger partial charge in [-0.3, -0.25) is 20.0 Å². The largest absolute Gasteiger partial charge is 0.393 e. The van der Waals surface area contributed by atoms with Crippen LogP contribution in [0.25, 0.3) is 0 Å². The number of amides is 1. The smallest absolute Gasteiger partial charge is 0.304 e. The minimum absolute atomic E-state index is 0.0602. The van der Waals surface area contributed by atoms with Crippen LogP contribution < -0.4 is 11.1 Å². The summed E-state index contributed by atoms with van der Waals surface area (Å²) in [5, 5.41) is 19.8. The molecular weight excluding hydrogens is 264 g/mol. The minimum atomic E-state index is -0.677. The number of aromatic nitrogens is 3. The van der Waals surface area contributed by atoms with Crippen LogP contribution in [0, 0.1) is 10.1 Å². The Bertz CT molecular complexity index is 640. The minimum Gasteiger partial charge on any atom is -0.393 e. The number of para-hydroxylation sites is 1. The number of anilines is 1. The SMILES string of the molecule is CC(NC(=O)c1cccc(N)c1[N+](=O)[O-])c1ncn[nH]1. The molecule has 20 heavy (non-hydrogen) atoms. The summed E-state index contributed by atoms with van der Waals surface area (Å²) < 4.78 is 0. The summed E-state index contributed by atoms with van der Waals surface area (Å²) in [7, 11) is 0. The highest BCUT2D eigenvalue weighted by Crippen LogP contribution is 2.26. The fraction of sp³-hybridized carbons (Fsp3) is 0.182. The van der Waals surface area contributed by atoms with E-state index < -0.39 is 22.6 Å². The van der Waals surface area contributed by atoms with E-state index in [9.17, 15) is 14.9 Å². The molecule has 0 aliphatic carbocycles. The lowest BCUT2D eigenvalue weighted by atomic mass is 10.1. The molecule has 1 aromatic carbocycles. The van der Waals surface area contributed by atoms with Gasteiger partial charge in [-0.05, 0) is 19.1 Å². The van der Waals surface area contributed by atoms with E-state index in [1.54, 1.807) is 6.92 Å². The van der Waals surface area contributed by atoms with E-state index in [1.807, 2.05) is 0 Å². The molecule has 2 rings (SSSR count).